The normalized spacial score (nSPS) is 20.3. The van der Waals surface area contributed by atoms with Crippen LogP contribution in [0.4, 0.5) is 0 Å². The lowest BCUT2D eigenvalue weighted by Gasteiger charge is -2.42. The van der Waals surface area contributed by atoms with E-state index in [2.05, 4.69) is 23.9 Å². The minimum absolute atomic E-state index is 0.0733. The molecule has 1 aliphatic rings. The third-order valence-electron chi connectivity index (χ3n) is 5.21. The number of fused-ring (bicyclic) bond motifs is 3. The van der Waals surface area contributed by atoms with Crippen LogP contribution in [-0.2, 0) is 0 Å². The summed E-state index contributed by atoms with van der Waals surface area (Å²) in [5.74, 6) is -0.124. The Bertz CT molecular complexity index is 1030. The largest absolute Gasteiger partial charge is 0.338 e. The number of hydrogen-bond donors (Lipinski definition) is 2. The number of carbonyl (C=O) groups excluding carboxylic acids is 1. The van der Waals surface area contributed by atoms with Crippen molar-refractivity contribution in [3.8, 4) is 0 Å². The van der Waals surface area contributed by atoms with Gasteiger partial charge in [0.2, 0.25) is 0 Å². The number of piperidine rings is 1. The third kappa shape index (κ3) is 2.42. The van der Waals surface area contributed by atoms with Gasteiger partial charge >= 0.3 is 0 Å². The lowest BCUT2D eigenvalue weighted by atomic mass is 9.79. The van der Waals surface area contributed by atoms with Gasteiger partial charge in [0, 0.05) is 19.1 Å². The molecule has 1 aliphatic heterocycles. The van der Waals surface area contributed by atoms with Crippen molar-refractivity contribution in [2.75, 3.05) is 13.1 Å². The van der Waals surface area contributed by atoms with Gasteiger partial charge in [0.05, 0.1) is 17.1 Å². The van der Waals surface area contributed by atoms with Crippen molar-refractivity contribution in [2.24, 2.45) is 11.1 Å². The van der Waals surface area contributed by atoms with Crippen LogP contribution in [0.15, 0.2) is 35.3 Å². The van der Waals surface area contributed by atoms with Crippen molar-refractivity contribution in [3.63, 3.8) is 0 Å². The number of carbonyl (C=O) groups is 1. The summed E-state index contributed by atoms with van der Waals surface area (Å²) in [6, 6.07) is 7.29. The molecule has 25 heavy (non-hydrogen) atoms. The van der Waals surface area contributed by atoms with Gasteiger partial charge in [0.1, 0.15) is 11.2 Å². The zero-order valence-corrected chi connectivity index (χ0v) is 14.3. The molecular formula is C18H21N5O2. The zero-order chi connectivity index (χ0) is 17.8. The Hall–Kier alpha value is -2.67. The summed E-state index contributed by atoms with van der Waals surface area (Å²) >= 11 is 0. The second kappa shape index (κ2) is 5.42. The lowest BCUT2D eigenvalue weighted by molar-refractivity contribution is 0.0534. The average molecular weight is 339 g/mol. The molecule has 4 rings (SSSR count). The number of aromatic nitrogens is 3. The molecule has 1 atom stereocenters. The van der Waals surface area contributed by atoms with Gasteiger partial charge < -0.3 is 15.6 Å². The molecule has 1 amide bonds. The fourth-order valence-electron chi connectivity index (χ4n) is 3.55. The second-order valence-corrected chi connectivity index (χ2v) is 7.40. The minimum atomic E-state index is -0.223. The third-order valence-corrected chi connectivity index (χ3v) is 5.21. The van der Waals surface area contributed by atoms with E-state index in [1.807, 2.05) is 12.1 Å². The van der Waals surface area contributed by atoms with E-state index in [4.69, 9.17) is 5.73 Å². The van der Waals surface area contributed by atoms with E-state index in [9.17, 15) is 9.59 Å². The predicted molar refractivity (Wildman–Crippen MR) is 95.6 cm³/mol. The smallest absolute Gasteiger partial charge is 0.259 e. The number of para-hydroxylation sites is 1. The number of nitrogens with zero attached hydrogens (tertiary/aromatic N) is 3. The summed E-state index contributed by atoms with van der Waals surface area (Å²) in [4.78, 5) is 30.0. The highest BCUT2D eigenvalue weighted by atomic mass is 16.2. The van der Waals surface area contributed by atoms with Crippen LogP contribution in [0.3, 0.4) is 0 Å². The Labute approximate surface area is 144 Å². The highest BCUT2D eigenvalue weighted by Crippen LogP contribution is 2.29. The SMILES string of the molecule is CC1(C)CN(C(=O)c2cnn3c2[nH]c(=O)c2ccccc23)CCC1N. The molecule has 0 aliphatic carbocycles. The summed E-state index contributed by atoms with van der Waals surface area (Å²) in [6.45, 7) is 5.34. The molecule has 1 saturated heterocycles. The number of nitrogens with two attached hydrogens (primary N) is 1. The number of benzene rings is 1. The molecule has 7 nitrogen and oxygen atoms in total. The zero-order valence-electron chi connectivity index (χ0n) is 14.3. The number of aromatic amines is 1. The Morgan fingerprint density at radius 1 is 1.36 bits per heavy atom. The lowest BCUT2D eigenvalue weighted by Crippen LogP contribution is -2.54. The van der Waals surface area contributed by atoms with E-state index in [-0.39, 0.29) is 22.9 Å². The monoisotopic (exact) mass is 339 g/mol. The Morgan fingerprint density at radius 2 is 2.12 bits per heavy atom. The summed E-state index contributed by atoms with van der Waals surface area (Å²) < 4.78 is 1.62. The van der Waals surface area contributed by atoms with Crippen molar-refractivity contribution < 1.29 is 4.79 Å². The molecule has 0 spiro atoms. The fraction of sp³-hybridized carbons (Fsp3) is 0.389. The maximum absolute atomic E-state index is 13.0. The van der Waals surface area contributed by atoms with E-state index < -0.39 is 0 Å². The Kier molecular flexibility index (Phi) is 3.43. The van der Waals surface area contributed by atoms with Crippen LogP contribution >= 0.6 is 0 Å². The van der Waals surface area contributed by atoms with E-state index in [0.717, 1.165) is 6.42 Å². The summed E-state index contributed by atoms with van der Waals surface area (Å²) in [6.07, 6.45) is 2.29. The first-order chi connectivity index (χ1) is 11.9. The van der Waals surface area contributed by atoms with Crippen LogP contribution in [0.25, 0.3) is 16.6 Å². The van der Waals surface area contributed by atoms with Gasteiger partial charge in [-0.1, -0.05) is 26.0 Å². The topological polar surface area (TPSA) is 96.5 Å². The van der Waals surface area contributed by atoms with Crippen molar-refractivity contribution >= 4 is 22.5 Å². The van der Waals surface area contributed by atoms with Gasteiger partial charge in [-0.2, -0.15) is 5.10 Å². The average Bonchev–Trinajstić information content (AvgIpc) is 3.01. The van der Waals surface area contributed by atoms with E-state index in [1.165, 1.54) is 6.20 Å². The molecule has 0 saturated carbocycles. The first-order valence-corrected chi connectivity index (χ1v) is 8.42. The van der Waals surface area contributed by atoms with Crippen LogP contribution in [-0.4, -0.2) is 44.5 Å². The number of H-pyrrole nitrogens is 1. The molecule has 2 aromatic heterocycles. The maximum atomic E-state index is 13.0. The molecule has 3 heterocycles. The van der Waals surface area contributed by atoms with Crippen LogP contribution in [0.2, 0.25) is 0 Å². The van der Waals surface area contributed by atoms with Gasteiger partial charge in [-0.3, -0.25) is 9.59 Å². The van der Waals surface area contributed by atoms with Crippen LogP contribution in [0.1, 0.15) is 30.6 Å². The van der Waals surface area contributed by atoms with Crippen LogP contribution < -0.4 is 11.3 Å². The molecule has 0 radical (unpaired) electrons. The van der Waals surface area contributed by atoms with Gasteiger partial charge in [-0.15, -0.1) is 0 Å². The van der Waals surface area contributed by atoms with Crippen LogP contribution in [0, 0.1) is 5.41 Å². The van der Waals surface area contributed by atoms with Gasteiger partial charge in [-0.05, 0) is 24.0 Å². The van der Waals surface area contributed by atoms with Crippen molar-refractivity contribution in [1.29, 1.82) is 0 Å². The Balaban J connectivity index is 1.80. The maximum Gasteiger partial charge on any atom is 0.259 e. The number of likely N-dealkylation sites (tertiary alicyclic amines) is 1. The van der Waals surface area contributed by atoms with E-state index in [0.29, 0.717) is 35.2 Å². The molecule has 1 fully saturated rings. The Morgan fingerprint density at radius 3 is 2.88 bits per heavy atom. The summed E-state index contributed by atoms with van der Waals surface area (Å²) in [5, 5.41) is 4.87. The first kappa shape index (κ1) is 15.8. The molecule has 7 heteroatoms. The predicted octanol–water partition coefficient (Wildman–Crippen LogP) is 1.38. The standard InChI is InChI=1S/C18H21N5O2/c1-18(2)10-22(8-7-14(18)19)17(25)12-9-20-23-13-6-4-3-5-11(13)16(24)21-15(12)23/h3-6,9,14H,7-8,10,19H2,1-2H3,(H,21,24). The minimum Gasteiger partial charge on any atom is -0.338 e. The van der Waals surface area contributed by atoms with E-state index in [1.54, 1.807) is 21.5 Å². The van der Waals surface area contributed by atoms with Gasteiger partial charge in [-0.25, -0.2) is 4.52 Å². The number of rotatable bonds is 1. The first-order valence-electron chi connectivity index (χ1n) is 8.42. The fourth-order valence-corrected chi connectivity index (χ4v) is 3.55. The van der Waals surface area contributed by atoms with Gasteiger partial charge in [0.25, 0.3) is 11.5 Å². The van der Waals surface area contributed by atoms with Crippen LogP contribution in [0.5, 0.6) is 0 Å². The summed E-state index contributed by atoms with van der Waals surface area (Å²) in [7, 11) is 0. The number of hydrogen-bond acceptors (Lipinski definition) is 4. The highest BCUT2D eigenvalue weighted by Gasteiger charge is 2.36. The number of amides is 1. The highest BCUT2D eigenvalue weighted by molar-refractivity contribution is 6.00. The molecule has 0 bridgehead atoms. The quantitative estimate of drug-likeness (QED) is 0.700. The molecule has 1 unspecified atom stereocenters. The van der Waals surface area contributed by atoms with Crippen molar-refractivity contribution in [1.82, 2.24) is 19.5 Å². The molecule has 3 aromatic rings. The molecular weight excluding hydrogens is 318 g/mol. The molecule has 130 valence electrons. The van der Waals surface area contributed by atoms with Gasteiger partial charge in [0.15, 0.2) is 0 Å². The van der Waals surface area contributed by atoms with Crippen molar-refractivity contribution in [2.45, 2.75) is 26.3 Å². The molecule has 1 aromatic carbocycles. The molecule has 3 N–H and O–H groups in total. The number of nitrogens with one attached hydrogen (secondary N) is 1. The van der Waals surface area contributed by atoms with E-state index >= 15 is 0 Å². The summed E-state index contributed by atoms with van der Waals surface area (Å²) in [5.41, 5.74) is 7.32. The van der Waals surface area contributed by atoms with Crippen molar-refractivity contribution in [3.05, 3.63) is 46.4 Å². The second-order valence-electron chi connectivity index (χ2n) is 7.40.